The molecule has 0 aromatic rings. The van der Waals surface area contributed by atoms with Crippen molar-refractivity contribution in [1.82, 2.24) is 0 Å². The maximum Gasteiger partial charge on any atom is 1.00 e. The molecule has 16 heavy (non-hydrogen) atoms. The van der Waals surface area contributed by atoms with Gasteiger partial charge in [0.25, 0.3) is 0 Å². The monoisotopic (exact) mass is 242 g/mol. The van der Waals surface area contributed by atoms with E-state index in [4.69, 9.17) is 0 Å². The molecule has 16 heteroatoms. The van der Waals surface area contributed by atoms with E-state index in [0.717, 1.165) is 0 Å². The summed E-state index contributed by atoms with van der Waals surface area (Å²) in [5, 5.41) is 0. The van der Waals surface area contributed by atoms with Crippen molar-refractivity contribution < 1.29 is 77.6 Å². The van der Waals surface area contributed by atoms with E-state index in [1.165, 1.54) is 0 Å². The minimum atomic E-state index is -3.44. The van der Waals surface area contributed by atoms with Crippen LogP contribution < -0.4 is 29.6 Å². The normalized spacial score (nSPS) is 6.50. The molecule has 0 aliphatic heterocycles. The van der Waals surface area contributed by atoms with E-state index in [-0.39, 0.29) is 69.9 Å². The molecule has 0 rings (SSSR count). The second kappa shape index (κ2) is 14.6. The summed E-state index contributed by atoms with van der Waals surface area (Å²) in [5.74, 6) is 0. The maximum absolute atomic E-state index is 9.85. The number of rotatable bonds is 8. The van der Waals surface area contributed by atoms with Gasteiger partial charge in [-0.25, -0.2) is 0 Å². The van der Waals surface area contributed by atoms with Crippen LogP contribution in [0.4, 0.5) is 0 Å². The van der Waals surface area contributed by atoms with Crippen LogP contribution in [0.1, 0.15) is 0 Å². The van der Waals surface area contributed by atoms with E-state index in [1.54, 1.807) is 0 Å². The molecule has 10 nitrogen and oxygen atoms in total. The summed E-state index contributed by atoms with van der Waals surface area (Å²) in [5.41, 5.74) is 0. The van der Waals surface area contributed by atoms with Gasteiger partial charge in [-0.2, -0.15) is 0 Å². The Morgan fingerprint density at radius 2 is 0.812 bits per heavy atom. The van der Waals surface area contributed by atoms with Crippen LogP contribution in [0.5, 0.6) is 0 Å². The van der Waals surface area contributed by atoms with E-state index < -0.39 is 6.96 Å². The Bertz CT molecular complexity index is 160. The minimum absolute atomic E-state index is 0. The van der Waals surface area contributed by atoms with Crippen molar-refractivity contribution in [3.05, 3.63) is 0 Å². The fourth-order valence-corrected chi connectivity index (χ4v) is 0.465. The minimum Gasteiger partial charge on any atom is 1.00 e. The van der Waals surface area contributed by atoms with E-state index >= 15 is 0 Å². The van der Waals surface area contributed by atoms with Crippen LogP contribution in [-0.4, -0.2) is 47.3 Å². The molecular formula is H4B5NaO10. The van der Waals surface area contributed by atoms with Gasteiger partial charge in [0.2, 0.25) is 0 Å². The zero-order valence-electron chi connectivity index (χ0n) is 8.15. The average Bonchev–Trinajstić information content (AvgIpc) is 2.06. The molecule has 0 amide bonds. The first kappa shape index (κ1) is 24.7. The molecule has 80 valence electrons. The molecule has 0 aliphatic rings. The SMILES string of the molecule is O.O.O=BO[B-](OB=O)(OB=O)OB=O.[Na+]. The molecule has 0 heterocycles. The molecule has 0 saturated heterocycles. The molecule has 0 unspecified atom stereocenters. The van der Waals surface area contributed by atoms with Gasteiger partial charge in [-0.15, -0.1) is 0 Å². The smallest absolute Gasteiger partial charge is 1.00 e. The first-order chi connectivity index (χ1) is 6.24. The zero-order valence-corrected chi connectivity index (χ0v) is 10.2. The molecule has 0 radical (unpaired) electrons. The summed E-state index contributed by atoms with van der Waals surface area (Å²) in [7, 11) is -0.847. The molecule has 0 saturated carbocycles. The zero-order chi connectivity index (χ0) is 10.2. The predicted molar refractivity (Wildman–Crippen MR) is 43.1 cm³/mol. The Hall–Kier alpha value is -0.355. The third kappa shape index (κ3) is 8.91. The van der Waals surface area contributed by atoms with Crippen molar-refractivity contribution >= 4 is 36.4 Å². The van der Waals surface area contributed by atoms with E-state index in [1.807, 2.05) is 0 Å². The summed E-state index contributed by atoms with van der Waals surface area (Å²) in [6.07, 6.45) is 0. The van der Waals surface area contributed by atoms with Gasteiger partial charge in [0.05, 0.1) is 0 Å². The van der Waals surface area contributed by atoms with Crippen molar-refractivity contribution in [2.45, 2.75) is 0 Å². The summed E-state index contributed by atoms with van der Waals surface area (Å²) in [6.45, 7) is -3.44. The standard InChI is InChI=1S/B5O8.Na.2H2O/c6-1-10-5(11-2-7,12-3-8)13-4-9;;;/h;;2*1H2/q-1;+1;;. The molecule has 0 bridgehead atoms. The molecule has 0 aliphatic carbocycles. The van der Waals surface area contributed by atoms with E-state index in [9.17, 15) is 18.8 Å². The Labute approximate surface area is 114 Å². The van der Waals surface area contributed by atoms with Gasteiger partial charge in [0, 0.05) is 0 Å². The number of hydrogen-bond donors (Lipinski definition) is 0. The first-order valence-corrected chi connectivity index (χ1v) is 2.83. The van der Waals surface area contributed by atoms with Crippen molar-refractivity contribution in [1.29, 1.82) is 0 Å². The molecule has 0 atom stereocenters. The van der Waals surface area contributed by atoms with Crippen LogP contribution in [-0.2, 0) is 37.1 Å². The maximum atomic E-state index is 9.85. The van der Waals surface area contributed by atoms with Gasteiger partial charge in [-0.05, 0) is 0 Å². The van der Waals surface area contributed by atoms with Gasteiger partial charge >= 0.3 is 103 Å². The third-order valence-electron chi connectivity index (χ3n) is 0.889. The van der Waals surface area contributed by atoms with Crippen molar-refractivity contribution in [3.8, 4) is 0 Å². The van der Waals surface area contributed by atoms with Crippen LogP contribution >= 0.6 is 0 Å². The second-order valence-corrected chi connectivity index (χ2v) is 1.51. The quantitative estimate of drug-likeness (QED) is 0.377. The Balaban J connectivity index is -0.000000240. The first-order valence-electron chi connectivity index (χ1n) is 2.83. The van der Waals surface area contributed by atoms with Gasteiger partial charge in [0.1, 0.15) is 0 Å². The van der Waals surface area contributed by atoms with E-state index in [2.05, 4.69) is 18.3 Å². The molecule has 0 spiro atoms. The van der Waals surface area contributed by atoms with Crippen molar-refractivity contribution in [2.24, 2.45) is 0 Å². The fraction of sp³-hybridized carbons (Fsp3) is 0. The van der Waals surface area contributed by atoms with Crippen LogP contribution in [0.3, 0.4) is 0 Å². The molecule has 0 fully saturated rings. The predicted octanol–water partition coefficient (Wildman–Crippen LogP) is -7.30. The fourth-order valence-electron chi connectivity index (χ4n) is 0.465. The molecule has 0 aromatic carbocycles. The summed E-state index contributed by atoms with van der Waals surface area (Å²) < 4.78 is 55.3. The molecule has 4 N–H and O–H groups in total. The van der Waals surface area contributed by atoms with Crippen LogP contribution in [0, 0.1) is 0 Å². The van der Waals surface area contributed by atoms with Gasteiger partial charge in [0.15, 0.2) is 0 Å². The van der Waals surface area contributed by atoms with Crippen LogP contribution in [0.2, 0.25) is 0 Å². The summed E-state index contributed by atoms with van der Waals surface area (Å²) in [4.78, 5) is 0. The van der Waals surface area contributed by atoms with Crippen molar-refractivity contribution in [3.63, 3.8) is 0 Å². The molecule has 0 aromatic heterocycles. The number of hydrogen-bond acceptors (Lipinski definition) is 8. The summed E-state index contributed by atoms with van der Waals surface area (Å²) >= 11 is 0. The van der Waals surface area contributed by atoms with Gasteiger partial charge in [-0.1, -0.05) is 0 Å². The topological polar surface area (TPSA) is 168 Å². The molecular weight excluding hydrogens is 237 g/mol. The van der Waals surface area contributed by atoms with E-state index in [0.29, 0.717) is 0 Å². The Morgan fingerprint density at radius 3 is 0.938 bits per heavy atom. The average molecular weight is 241 g/mol. The van der Waals surface area contributed by atoms with Crippen LogP contribution in [0.25, 0.3) is 0 Å². The summed E-state index contributed by atoms with van der Waals surface area (Å²) in [6, 6.07) is 0. The Kier molecular flexibility index (Phi) is 22.6. The van der Waals surface area contributed by atoms with Crippen LogP contribution in [0.15, 0.2) is 0 Å². The van der Waals surface area contributed by atoms with Gasteiger partial charge < -0.3 is 11.0 Å². The van der Waals surface area contributed by atoms with Crippen molar-refractivity contribution in [2.75, 3.05) is 0 Å². The Morgan fingerprint density at radius 1 is 0.625 bits per heavy atom. The largest absolute Gasteiger partial charge is 1.00 e. The third-order valence-corrected chi connectivity index (χ3v) is 0.889. The van der Waals surface area contributed by atoms with Gasteiger partial charge in [-0.3, -0.25) is 0 Å². The second-order valence-electron chi connectivity index (χ2n) is 1.51.